The first kappa shape index (κ1) is 12.6. The number of hydrogen-bond acceptors (Lipinski definition) is 3. The van der Waals surface area contributed by atoms with E-state index in [1.54, 1.807) is 5.57 Å². The molecule has 2 fully saturated rings. The predicted molar refractivity (Wildman–Crippen MR) is 73.7 cm³/mol. The summed E-state index contributed by atoms with van der Waals surface area (Å²) < 4.78 is 6.14. The summed E-state index contributed by atoms with van der Waals surface area (Å²) in [6.07, 6.45) is 9.78. The first-order valence-corrected chi connectivity index (χ1v) is 7.56. The van der Waals surface area contributed by atoms with Crippen molar-refractivity contribution < 1.29 is 4.74 Å². The van der Waals surface area contributed by atoms with Gasteiger partial charge < -0.3 is 10.1 Å². The Balaban J connectivity index is 1.36. The predicted octanol–water partition coefficient (Wildman–Crippen LogP) is 1.94. The molecule has 0 bridgehead atoms. The van der Waals surface area contributed by atoms with Crippen LogP contribution in [0.1, 0.15) is 39.0 Å². The van der Waals surface area contributed by atoms with Crippen molar-refractivity contribution in [2.45, 2.75) is 57.3 Å². The van der Waals surface area contributed by atoms with E-state index < -0.39 is 0 Å². The van der Waals surface area contributed by atoms with Crippen LogP contribution >= 0.6 is 0 Å². The van der Waals surface area contributed by atoms with E-state index >= 15 is 0 Å². The molecule has 2 aliphatic heterocycles. The molecule has 0 amide bonds. The number of rotatable bonds is 5. The largest absolute Gasteiger partial charge is 0.372 e. The maximum absolute atomic E-state index is 6.14. The highest BCUT2D eigenvalue weighted by Crippen LogP contribution is 2.23. The van der Waals surface area contributed by atoms with Crippen LogP contribution in [0.5, 0.6) is 0 Å². The van der Waals surface area contributed by atoms with Crippen LogP contribution in [0.25, 0.3) is 0 Å². The van der Waals surface area contributed by atoms with E-state index in [1.807, 2.05) is 0 Å². The van der Waals surface area contributed by atoms with Gasteiger partial charge in [-0.25, -0.2) is 0 Å². The van der Waals surface area contributed by atoms with Crippen molar-refractivity contribution in [1.82, 2.24) is 10.2 Å². The van der Waals surface area contributed by atoms with E-state index in [4.69, 9.17) is 4.74 Å². The molecule has 102 valence electrons. The molecule has 1 saturated heterocycles. The molecule has 18 heavy (non-hydrogen) atoms. The lowest BCUT2D eigenvalue weighted by Crippen LogP contribution is -2.36. The molecule has 0 radical (unpaired) electrons. The van der Waals surface area contributed by atoms with Crippen LogP contribution < -0.4 is 5.32 Å². The average Bonchev–Trinajstić information content (AvgIpc) is 3.10. The van der Waals surface area contributed by atoms with Crippen LogP contribution in [0.4, 0.5) is 0 Å². The summed E-state index contributed by atoms with van der Waals surface area (Å²) in [5.41, 5.74) is 1.55. The first-order valence-electron chi connectivity index (χ1n) is 7.56. The maximum atomic E-state index is 6.14. The fourth-order valence-corrected chi connectivity index (χ4v) is 2.92. The average molecular weight is 250 g/mol. The molecule has 0 aromatic heterocycles. The van der Waals surface area contributed by atoms with E-state index in [1.165, 1.54) is 38.6 Å². The van der Waals surface area contributed by atoms with Gasteiger partial charge in [-0.2, -0.15) is 0 Å². The zero-order valence-corrected chi connectivity index (χ0v) is 11.5. The number of nitrogens with zero attached hydrogens (tertiary/aromatic N) is 1. The summed E-state index contributed by atoms with van der Waals surface area (Å²) in [6.45, 7) is 6.77. The van der Waals surface area contributed by atoms with Gasteiger partial charge in [0, 0.05) is 32.2 Å². The zero-order valence-electron chi connectivity index (χ0n) is 11.5. The Hall–Kier alpha value is -0.380. The fraction of sp³-hybridized carbons (Fsp3) is 0.867. The molecule has 1 saturated carbocycles. The van der Waals surface area contributed by atoms with E-state index in [0.717, 1.165) is 25.7 Å². The van der Waals surface area contributed by atoms with Crippen molar-refractivity contribution in [1.29, 1.82) is 0 Å². The Morgan fingerprint density at radius 2 is 2.11 bits per heavy atom. The second-order valence-electron chi connectivity index (χ2n) is 6.20. The summed E-state index contributed by atoms with van der Waals surface area (Å²) in [7, 11) is 0. The number of nitrogens with one attached hydrogen (secondary N) is 1. The summed E-state index contributed by atoms with van der Waals surface area (Å²) in [6, 6.07) is 0.808. The van der Waals surface area contributed by atoms with E-state index in [9.17, 15) is 0 Å². The van der Waals surface area contributed by atoms with Gasteiger partial charge in [0.1, 0.15) is 0 Å². The van der Waals surface area contributed by atoms with Crippen molar-refractivity contribution in [2.24, 2.45) is 0 Å². The van der Waals surface area contributed by atoms with Crippen LogP contribution in [-0.4, -0.2) is 49.3 Å². The minimum atomic E-state index is 0.470. The van der Waals surface area contributed by atoms with Gasteiger partial charge >= 0.3 is 0 Å². The Bertz CT molecular complexity index is 312. The Morgan fingerprint density at radius 1 is 1.28 bits per heavy atom. The van der Waals surface area contributed by atoms with Crippen molar-refractivity contribution in [3.05, 3.63) is 11.6 Å². The number of hydrogen-bond donors (Lipinski definition) is 1. The van der Waals surface area contributed by atoms with Gasteiger partial charge in [-0.1, -0.05) is 11.6 Å². The van der Waals surface area contributed by atoms with Gasteiger partial charge in [0.25, 0.3) is 0 Å². The molecule has 1 N–H and O–H groups in total. The van der Waals surface area contributed by atoms with Crippen LogP contribution in [0.2, 0.25) is 0 Å². The molecular formula is C15H26N2O. The summed E-state index contributed by atoms with van der Waals surface area (Å²) in [4.78, 5) is 2.54. The highest BCUT2D eigenvalue weighted by molar-refractivity contribution is 5.04. The summed E-state index contributed by atoms with van der Waals surface area (Å²) >= 11 is 0. The van der Waals surface area contributed by atoms with E-state index in [2.05, 4.69) is 23.2 Å². The van der Waals surface area contributed by atoms with E-state index in [0.29, 0.717) is 12.2 Å². The third-order valence-corrected chi connectivity index (χ3v) is 4.39. The molecular weight excluding hydrogens is 224 g/mol. The lowest BCUT2D eigenvalue weighted by Gasteiger charge is -2.27. The molecule has 0 spiro atoms. The van der Waals surface area contributed by atoms with Crippen molar-refractivity contribution in [3.63, 3.8) is 0 Å². The SMILES string of the molecule is CC1=CCN(CC2CCC(CNC3CC3)O2)CC1. The molecule has 3 nitrogen and oxygen atoms in total. The first-order chi connectivity index (χ1) is 8.79. The van der Waals surface area contributed by atoms with Crippen LogP contribution in [0.3, 0.4) is 0 Å². The topological polar surface area (TPSA) is 24.5 Å². The summed E-state index contributed by atoms with van der Waals surface area (Å²) in [5, 5.41) is 3.58. The smallest absolute Gasteiger partial charge is 0.0707 e. The van der Waals surface area contributed by atoms with Gasteiger partial charge in [0.05, 0.1) is 12.2 Å². The van der Waals surface area contributed by atoms with Crippen molar-refractivity contribution in [3.8, 4) is 0 Å². The van der Waals surface area contributed by atoms with Crippen LogP contribution in [0.15, 0.2) is 11.6 Å². The maximum Gasteiger partial charge on any atom is 0.0707 e. The highest BCUT2D eigenvalue weighted by Gasteiger charge is 2.29. The second-order valence-corrected chi connectivity index (χ2v) is 6.20. The highest BCUT2D eigenvalue weighted by atomic mass is 16.5. The molecule has 2 atom stereocenters. The normalized spacial score (nSPS) is 33.7. The standard InChI is InChI=1S/C15H26N2O/c1-12-6-8-17(9-7-12)11-15-5-4-14(18-15)10-16-13-2-3-13/h6,13-16H,2-5,7-11H2,1H3. The number of ether oxygens (including phenoxy) is 1. The third-order valence-electron chi connectivity index (χ3n) is 4.39. The van der Waals surface area contributed by atoms with Crippen LogP contribution in [-0.2, 0) is 4.74 Å². The molecule has 2 unspecified atom stereocenters. The molecule has 2 heterocycles. The Labute approximate surface area is 111 Å². The van der Waals surface area contributed by atoms with Gasteiger partial charge in [-0.05, 0) is 39.0 Å². The fourth-order valence-electron chi connectivity index (χ4n) is 2.92. The monoisotopic (exact) mass is 250 g/mol. The van der Waals surface area contributed by atoms with Crippen molar-refractivity contribution >= 4 is 0 Å². The van der Waals surface area contributed by atoms with Gasteiger partial charge in [-0.15, -0.1) is 0 Å². The van der Waals surface area contributed by atoms with Gasteiger partial charge in [0.2, 0.25) is 0 Å². The molecule has 1 aliphatic carbocycles. The molecule has 0 aromatic carbocycles. The Morgan fingerprint density at radius 3 is 2.83 bits per heavy atom. The molecule has 3 aliphatic rings. The summed E-state index contributed by atoms with van der Waals surface area (Å²) in [5.74, 6) is 0. The third kappa shape index (κ3) is 3.56. The quantitative estimate of drug-likeness (QED) is 0.755. The van der Waals surface area contributed by atoms with E-state index in [-0.39, 0.29) is 0 Å². The lowest BCUT2D eigenvalue weighted by atomic mass is 10.1. The second kappa shape index (κ2) is 5.72. The molecule has 0 aromatic rings. The molecule has 3 rings (SSSR count). The van der Waals surface area contributed by atoms with Gasteiger partial charge in [-0.3, -0.25) is 4.90 Å². The van der Waals surface area contributed by atoms with Crippen molar-refractivity contribution in [2.75, 3.05) is 26.2 Å². The minimum Gasteiger partial charge on any atom is -0.372 e. The zero-order chi connectivity index (χ0) is 12.4. The molecule has 3 heteroatoms. The van der Waals surface area contributed by atoms with Gasteiger partial charge in [0.15, 0.2) is 0 Å². The Kier molecular flexibility index (Phi) is 4.02. The minimum absolute atomic E-state index is 0.470. The van der Waals surface area contributed by atoms with Crippen LogP contribution in [0, 0.1) is 0 Å². The lowest BCUT2D eigenvalue weighted by molar-refractivity contribution is 0.0247.